The molecule has 1 aliphatic heterocycles. The number of quaternary nitrogens is 1. The van der Waals surface area contributed by atoms with Crippen molar-refractivity contribution in [1.82, 2.24) is 0 Å². The summed E-state index contributed by atoms with van der Waals surface area (Å²) in [5.41, 5.74) is 0.975. The summed E-state index contributed by atoms with van der Waals surface area (Å²) in [5, 5.41) is 0. The molecule has 1 aromatic carbocycles. The van der Waals surface area contributed by atoms with E-state index >= 15 is 0 Å². The van der Waals surface area contributed by atoms with Crippen LogP contribution in [-0.4, -0.2) is 24.0 Å². The molecule has 0 fully saturated rings. The summed E-state index contributed by atoms with van der Waals surface area (Å²) in [5.74, 6) is 0. The zero-order valence-corrected chi connectivity index (χ0v) is 9.04. The number of amides is 1. The molecular formula is C12H13N2O2+. The maximum atomic E-state index is 11.7. The first-order valence-corrected chi connectivity index (χ1v) is 5.00. The van der Waals surface area contributed by atoms with Gasteiger partial charge in [-0.05, 0) is 5.56 Å². The third-order valence-electron chi connectivity index (χ3n) is 2.37. The van der Waals surface area contributed by atoms with Gasteiger partial charge in [-0.3, -0.25) is 0 Å². The first-order chi connectivity index (χ1) is 7.71. The normalized spacial score (nSPS) is 22.3. The summed E-state index contributed by atoms with van der Waals surface area (Å²) < 4.78 is 5.17. The Morgan fingerprint density at radius 2 is 2.12 bits per heavy atom. The number of benzene rings is 1. The average molecular weight is 217 g/mol. The molecule has 0 radical (unpaired) electrons. The highest BCUT2D eigenvalue weighted by Crippen LogP contribution is 2.11. The quantitative estimate of drug-likeness (QED) is 0.713. The van der Waals surface area contributed by atoms with Crippen molar-refractivity contribution in [2.45, 2.75) is 6.61 Å². The minimum absolute atomic E-state index is 0.0349. The summed E-state index contributed by atoms with van der Waals surface area (Å²) in [6.07, 6.45) is 4.46. The summed E-state index contributed by atoms with van der Waals surface area (Å²) in [6, 6.07) is 9.59. The Bertz CT molecular complexity index is 426. The molecule has 0 bridgehead atoms. The highest BCUT2D eigenvalue weighted by atomic mass is 16.6. The van der Waals surface area contributed by atoms with Gasteiger partial charge in [0.2, 0.25) is 6.34 Å². The van der Waals surface area contributed by atoms with Crippen LogP contribution in [0.15, 0.2) is 47.7 Å². The molecule has 1 atom stereocenters. The molecular weight excluding hydrogens is 204 g/mol. The number of nitrogens with zero attached hydrogens (tertiary/aromatic N) is 2. The van der Waals surface area contributed by atoms with Gasteiger partial charge >= 0.3 is 6.09 Å². The van der Waals surface area contributed by atoms with Crippen LogP contribution in [0.2, 0.25) is 0 Å². The molecule has 0 N–H and O–H groups in total. The molecule has 4 heteroatoms. The van der Waals surface area contributed by atoms with Crippen LogP contribution in [-0.2, 0) is 11.3 Å². The van der Waals surface area contributed by atoms with Crippen molar-refractivity contribution in [2.24, 2.45) is 4.99 Å². The largest absolute Gasteiger partial charge is 0.526 e. The lowest BCUT2D eigenvalue weighted by molar-refractivity contribution is -0.676. The fourth-order valence-corrected chi connectivity index (χ4v) is 1.36. The van der Waals surface area contributed by atoms with E-state index in [1.807, 2.05) is 30.3 Å². The van der Waals surface area contributed by atoms with Gasteiger partial charge in [0.05, 0.1) is 13.2 Å². The molecule has 1 amide bonds. The lowest BCUT2D eigenvalue weighted by Crippen LogP contribution is -2.41. The topological polar surface area (TPSA) is 38.7 Å². The van der Waals surface area contributed by atoms with E-state index in [9.17, 15) is 4.79 Å². The van der Waals surface area contributed by atoms with Crippen LogP contribution in [0.1, 0.15) is 5.56 Å². The number of rotatable bonds is 2. The van der Waals surface area contributed by atoms with Crippen molar-refractivity contribution in [3.8, 4) is 0 Å². The van der Waals surface area contributed by atoms with Gasteiger partial charge in [0.25, 0.3) is 0 Å². The predicted octanol–water partition coefficient (Wildman–Crippen LogP) is 2.28. The standard InChI is InChI=1S/C12H13N2O2/c1-14(8-7-13-10-14)12(15)16-9-11-5-3-2-4-6-11/h2-8,10H,9H2,1H3/q+1. The van der Waals surface area contributed by atoms with Gasteiger partial charge in [-0.25, -0.2) is 4.99 Å². The molecule has 1 unspecified atom stereocenters. The van der Waals surface area contributed by atoms with E-state index in [1.54, 1.807) is 19.4 Å². The molecule has 0 saturated carbocycles. The SMILES string of the molecule is C[N+]1(C(=O)OCc2ccccc2)C=CN=C1. The van der Waals surface area contributed by atoms with E-state index in [0.29, 0.717) is 0 Å². The Labute approximate surface area is 94.1 Å². The molecule has 2 rings (SSSR count). The van der Waals surface area contributed by atoms with Crippen molar-refractivity contribution >= 4 is 12.4 Å². The Morgan fingerprint density at radius 1 is 1.38 bits per heavy atom. The maximum Gasteiger partial charge on any atom is 0.526 e. The summed E-state index contributed by atoms with van der Waals surface area (Å²) in [4.78, 5) is 15.6. The van der Waals surface area contributed by atoms with E-state index in [1.165, 1.54) is 6.34 Å². The third-order valence-corrected chi connectivity index (χ3v) is 2.37. The summed E-state index contributed by atoms with van der Waals surface area (Å²) in [7, 11) is 1.72. The molecule has 16 heavy (non-hydrogen) atoms. The fraction of sp³-hybridized carbons (Fsp3) is 0.167. The maximum absolute atomic E-state index is 11.7. The van der Waals surface area contributed by atoms with Gasteiger partial charge in [0, 0.05) is 0 Å². The molecule has 82 valence electrons. The van der Waals surface area contributed by atoms with Crippen LogP contribution in [0, 0.1) is 0 Å². The summed E-state index contributed by atoms with van der Waals surface area (Å²) in [6.45, 7) is 0.287. The van der Waals surface area contributed by atoms with Gasteiger partial charge in [-0.1, -0.05) is 30.3 Å². The molecule has 0 aromatic heterocycles. The van der Waals surface area contributed by atoms with Crippen molar-refractivity contribution in [2.75, 3.05) is 7.05 Å². The third kappa shape index (κ3) is 2.17. The van der Waals surface area contributed by atoms with Crippen LogP contribution < -0.4 is 0 Å². The van der Waals surface area contributed by atoms with E-state index in [0.717, 1.165) is 5.56 Å². The Hall–Kier alpha value is -1.94. The zero-order chi connectivity index (χ0) is 11.4. The van der Waals surface area contributed by atoms with Crippen molar-refractivity contribution in [1.29, 1.82) is 0 Å². The Morgan fingerprint density at radius 3 is 2.75 bits per heavy atom. The average Bonchev–Trinajstić information content (AvgIpc) is 2.76. The highest BCUT2D eigenvalue weighted by Gasteiger charge is 2.32. The van der Waals surface area contributed by atoms with Crippen molar-refractivity contribution < 1.29 is 14.0 Å². The van der Waals surface area contributed by atoms with Gasteiger partial charge in [0.1, 0.15) is 12.8 Å². The number of aliphatic imine (C=N–C) groups is 1. The molecule has 0 spiro atoms. The molecule has 4 nitrogen and oxygen atoms in total. The van der Waals surface area contributed by atoms with Crippen LogP contribution in [0.3, 0.4) is 0 Å². The van der Waals surface area contributed by atoms with E-state index in [-0.39, 0.29) is 17.2 Å². The smallest absolute Gasteiger partial charge is 0.415 e. The Kier molecular flexibility index (Phi) is 2.83. The predicted molar refractivity (Wildman–Crippen MR) is 60.4 cm³/mol. The van der Waals surface area contributed by atoms with Crippen molar-refractivity contribution in [3.63, 3.8) is 0 Å². The van der Waals surface area contributed by atoms with Gasteiger partial charge in [-0.15, -0.1) is 0 Å². The molecule has 0 aliphatic carbocycles. The molecule has 1 aliphatic rings. The molecule has 1 heterocycles. The van der Waals surface area contributed by atoms with E-state index in [2.05, 4.69) is 4.99 Å². The van der Waals surface area contributed by atoms with Crippen LogP contribution >= 0.6 is 0 Å². The number of hydrogen-bond donors (Lipinski definition) is 0. The van der Waals surface area contributed by atoms with Crippen molar-refractivity contribution in [3.05, 3.63) is 48.3 Å². The van der Waals surface area contributed by atoms with E-state index in [4.69, 9.17) is 4.74 Å². The fourth-order valence-electron chi connectivity index (χ4n) is 1.36. The van der Waals surface area contributed by atoms with Crippen LogP contribution in [0.25, 0.3) is 0 Å². The second kappa shape index (κ2) is 4.28. The van der Waals surface area contributed by atoms with Crippen LogP contribution in [0.5, 0.6) is 0 Å². The number of hydrogen-bond acceptors (Lipinski definition) is 3. The lowest BCUT2D eigenvalue weighted by Gasteiger charge is -2.17. The lowest BCUT2D eigenvalue weighted by atomic mass is 10.2. The summed E-state index contributed by atoms with van der Waals surface area (Å²) >= 11 is 0. The molecule has 1 aromatic rings. The number of carbonyl (C=O) groups excluding carboxylic acids is 1. The molecule has 0 saturated heterocycles. The first-order valence-electron chi connectivity index (χ1n) is 5.00. The Balaban J connectivity index is 1.94. The second-order valence-corrected chi connectivity index (χ2v) is 3.75. The van der Waals surface area contributed by atoms with Gasteiger partial charge in [-0.2, -0.15) is 9.28 Å². The zero-order valence-electron chi connectivity index (χ0n) is 9.04. The monoisotopic (exact) mass is 217 g/mol. The minimum atomic E-state index is -0.332. The van der Waals surface area contributed by atoms with Crippen LogP contribution in [0.4, 0.5) is 4.79 Å². The minimum Gasteiger partial charge on any atom is -0.415 e. The van der Waals surface area contributed by atoms with Gasteiger partial charge < -0.3 is 4.74 Å². The highest BCUT2D eigenvalue weighted by molar-refractivity contribution is 5.73. The second-order valence-electron chi connectivity index (χ2n) is 3.75. The van der Waals surface area contributed by atoms with Gasteiger partial charge in [0.15, 0.2) is 0 Å². The number of carbonyl (C=O) groups is 1. The number of ether oxygens (including phenoxy) is 1. The van der Waals surface area contributed by atoms with E-state index < -0.39 is 0 Å². The first kappa shape index (κ1) is 10.6.